The smallest absolute Gasteiger partial charge is 0.270 e. The highest BCUT2D eigenvalue weighted by Crippen LogP contribution is 2.31. The van der Waals surface area contributed by atoms with E-state index in [1.807, 2.05) is 0 Å². The minimum absolute atomic E-state index is 0.00930. The standard InChI is InChI=1S/C16H18N2O5/c19-15(5-4-13-2-1-3-14(12-13)18(20)21)17-8-6-16(7-9-17)22-10-11-23-16/h1-5,12H,6-11H2/b5-4-. The second-order valence-corrected chi connectivity index (χ2v) is 5.62. The summed E-state index contributed by atoms with van der Waals surface area (Å²) in [6.45, 7) is 2.39. The van der Waals surface area contributed by atoms with Crippen molar-refractivity contribution in [2.75, 3.05) is 26.3 Å². The molecule has 1 aromatic rings. The highest BCUT2D eigenvalue weighted by atomic mass is 16.7. The largest absolute Gasteiger partial charge is 0.347 e. The topological polar surface area (TPSA) is 81.9 Å². The van der Waals surface area contributed by atoms with E-state index in [0.29, 0.717) is 44.7 Å². The van der Waals surface area contributed by atoms with Gasteiger partial charge in [0.25, 0.3) is 5.69 Å². The van der Waals surface area contributed by atoms with Gasteiger partial charge in [0.1, 0.15) is 0 Å². The minimum Gasteiger partial charge on any atom is -0.347 e. The molecule has 0 aromatic heterocycles. The number of rotatable bonds is 3. The Kier molecular flexibility index (Phi) is 4.40. The summed E-state index contributed by atoms with van der Waals surface area (Å²) in [6.07, 6.45) is 4.39. The first-order valence-electron chi connectivity index (χ1n) is 7.57. The number of piperidine rings is 1. The lowest BCUT2D eigenvalue weighted by atomic mass is 10.0. The molecule has 1 amide bonds. The molecule has 0 saturated carbocycles. The second-order valence-electron chi connectivity index (χ2n) is 5.62. The molecule has 7 heteroatoms. The zero-order valence-electron chi connectivity index (χ0n) is 12.6. The molecule has 122 valence electrons. The Morgan fingerprint density at radius 2 is 1.96 bits per heavy atom. The molecule has 23 heavy (non-hydrogen) atoms. The Hall–Kier alpha value is -2.25. The van der Waals surface area contributed by atoms with Crippen LogP contribution >= 0.6 is 0 Å². The van der Waals surface area contributed by atoms with Crippen LogP contribution in [0.3, 0.4) is 0 Å². The first-order valence-corrected chi connectivity index (χ1v) is 7.57. The molecule has 2 aliphatic rings. The number of nitro groups is 1. The van der Waals surface area contributed by atoms with Crippen LogP contribution in [0.15, 0.2) is 30.3 Å². The van der Waals surface area contributed by atoms with Crippen molar-refractivity contribution in [1.82, 2.24) is 4.90 Å². The third-order valence-electron chi connectivity index (χ3n) is 4.15. The quantitative estimate of drug-likeness (QED) is 0.483. The van der Waals surface area contributed by atoms with E-state index >= 15 is 0 Å². The molecule has 2 saturated heterocycles. The van der Waals surface area contributed by atoms with Crippen LogP contribution < -0.4 is 0 Å². The zero-order valence-corrected chi connectivity index (χ0v) is 12.6. The summed E-state index contributed by atoms with van der Waals surface area (Å²) in [7, 11) is 0. The lowest BCUT2D eigenvalue weighted by molar-refractivity contribution is -0.384. The van der Waals surface area contributed by atoms with Crippen molar-refractivity contribution >= 4 is 17.7 Å². The summed E-state index contributed by atoms with van der Waals surface area (Å²) < 4.78 is 11.3. The van der Waals surface area contributed by atoms with Crippen molar-refractivity contribution < 1.29 is 19.2 Å². The van der Waals surface area contributed by atoms with E-state index < -0.39 is 10.7 Å². The van der Waals surface area contributed by atoms with Gasteiger partial charge in [-0.05, 0) is 11.6 Å². The molecule has 2 aliphatic heterocycles. The van der Waals surface area contributed by atoms with Gasteiger partial charge in [-0.1, -0.05) is 12.1 Å². The number of ether oxygens (including phenoxy) is 2. The predicted molar refractivity (Wildman–Crippen MR) is 82.6 cm³/mol. The van der Waals surface area contributed by atoms with Crippen LogP contribution in [0.1, 0.15) is 18.4 Å². The van der Waals surface area contributed by atoms with Gasteiger partial charge in [-0.3, -0.25) is 14.9 Å². The van der Waals surface area contributed by atoms with E-state index in [4.69, 9.17) is 9.47 Å². The number of amides is 1. The third-order valence-corrected chi connectivity index (χ3v) is 4.15. The molecule has 7 nitrogen and oxygen atoms in total. The molecular formula is C16H18N2O5. The second kappa shape index (κ2) is 6.47. The monoisotopic (exact) mass is 318 g/mol. The van der Waals surface area contributed by atoms with E-state index in [0.717, 1.165) is 0 Å². The fourth-order valence-electron chi connectivity index (χ4n) is 2.87. The number of likely N-dealkylation sites (tertiary alicyclic amines) is 1. The Morgan fingerprint density at radius 1 is 1.26 bits per heavy atom. The molecule has 0 atom stereocenters. The summed E-state index contributed by atoms with van der Waals surface area (Å²) in [5.41, 5.74) is 0.638. The first kappa shape index (κ1) is 15.6. The highest BCUT2D eigenvalue weighted by molar-refractivity contribution is 5.91. The van der Waals surface area contributed by atoms with Crippen LogP contribution in [0.2, 0.25) is 0 Å². The Morgan fingerprint density at radius 3 is 2.61 bits per heavy atom. The van der Waals surface area contributed by atoms with Gasteiger partial charge in [0.15, 0.2) is 5.79 Å². The molecule has 1 spiro atoms. The van der Waals surface area contributed by atoms with Crippen LogP contribution in [-0.2, 0) is 14.3 Å². The van der Waals surface area contributed by atoms with Crippen molar-refractivity contribution in [2.24, 2.45) is 0 Å². The molecule has 1 aromatic carbocycles. The summed E-state index contributed by atoms with van der Waals surface area (Å²) in [5.74, 6) is -0.607. The number of benzene rings is 1. The maximum atomic E-state index is 12.2. The van der Waals surface area contributed by atoms with Gasteiger partial charge in [-0.15, -0.1) is 0 Å². The molecule has 0 N–H and O–H groups in total. The van der Waals surface area contributed by atoms with E-state index in [9.17, 15) is 14.9 Å². The maximum absolute atomic E-state index is 12.2. The summed E-state index contributed by atoms with van der Waals surface area (Å²) >= 11 is 0. The zero-order chi connectivity index (χ0) is 16.3. The molecule has 2 heterocycles. The van der Waals surface area contributed by atoms with Crippen LogP contribution in [-0.4, -0.2) is 47.8 Å². The van der Waals surface area contributed by atoms with Crippen molar-refractivity contribution in [1.29, 1.82) is 0 Å². The lowest BCUT2D eigenvalue weighted by Gasteiger charge is -2.37. The third kappa shape index (κ3) is 3.57. The van der Waals surface area contributed by atoms with Crippen LogP contribution in [0, 0.1) is 10.1 Å². The molecule has 3 rings (SSSR count). The fraction of sp³-hybridized carbons (Fsp3) is 0.438. The maximum Gasteiger partial charge on any atom is 0.270 e. The van der Waals surface area contributed by atoms with Crippen LogP contribution in [0.5, 0.6) is 0 Å². The van der Waals surface area contributed by atoms with Crippen molar-refractivity contribution in [2.45, 2.75) is 18.6 Å². The molecule has 0 bridgehead atoms. The van der Waals surface area contributed by atoms with Crippen molar-refractivity contribution in [3.05, 3.63) is 46.0 Å². The van der Waals surface area contributed by atoms with Crippen LogP contribution in [0.25, 0.3) is 6.08 Å². The molecular weight excluding hydrogens is 300 g/mol. The normalized spacial score (nSPS) is 20.3. The van der Waals surface area contributed by atoms with Gasteiger partial charge in [0.2, 0.25) is 5.91 Å². The average molecular weight is 318 g/mol. The molecule has 0 aliphatic carbocycles. The van der Waals surface area contributed by atoms with Gasteiger partial charge in [-0.25, -0.2) is 0 Å². The van der Waals surface area contributed by atoms with Gasteiger partial charge in [0.05, 0.1) is 18.1 Å². The first-order chi connectivity index (χ1) is 11.1. The average Bonchev–Trinajstić information content (AvgIpc) is 3.01. The molecule has 2 fully saturated rings. The molecule has 0 unspecified atom stereocenters. The van der Waals surface area contributed by atoms with E-state index in [-0.39, 0.29) is 11.6 Å². The van der Waals surface area contributed by atoms with Crippen molar-refractivity contribution in [3.8, 4) is 0 Å². The lowest BCUT2D eigenvalue weighted by Crippen LogP contribution is -2.46. The van der Waals surface area contributed by atoms with Crippen LogP contribution in [0.4, 0.5) is 5.69 Å². The minimum atomic E-state index is -0.499. The highest BCUT2D eigenvalue weighted by Gasteiger charge is 2.40. The predicted octanol–water partition coefficient (Wildman–Crippen LogP) is 1.97. The Bertz CT molecular complexity index is 627. The number of non-ortho nitro benzene ring substituents is 1. The summed E-state index contributed by atoms with van der Waals surface area (Å²) in [4.78, 5) is 24.2. The number of nitro benzene ring substituents is 1. The molecule has 0 radical (unpaired) electrons. The number of carbonyl (C=O) groups is 1. The summed E-state index contributed by atoms with van der Waals surface area (Å²) in [5, 5.41) is 10.7. The number of carbonyl (C=O) groups excluding carboxylic acids is 1. The Balaban J connectivity index is 1.59. The fourth-order valence-corrected chi connectivity index (χ4v) is 2.87. The van der Waals surface area contributed by atoms with E-state index in [1.165, 1.54) is 18.2 Å². The Labute approximate surface area is 133 Å². The number of nitrogens with zero attached hydrogens (tertiary/aromatic N) is 2. The van der Waals surface area contributed by atoms with Gasteiger partial charge >= 0.3 is 0 Å². The van der Waals surface area contributed by atoms with Gasteiger partial charge in [-0.2, -0.15) is 0 Å². The van der Waals surface area contributed by atoms with Crippen molar-refractivity contribution in [3.63, 3.8) is 0 Å². The number of hydrogen-bond acceptors (Lipinski definition) is 5. The van der Waals surface area contributed by atoms with E-state index in [2.05, 4.69) is 0 Å². The van der Waals surface area contributed by atoms with Gasteiger partial charge < -0.3 is 14.4 Å². The SMILES string of the molecule is O=C(/C=C\c1cccc([N+](=O)[O-])c1)N1CCC2(CC1)OCCO2. The van der Waals surface area contributed by atoms with E-state index in [1.54, 1.807) is 23.1 Å². The summed E-state index contributed by atoms with van der Waals surface area (Å²) in [6, 6.07) is 6.18. The number of hydrogen-bond donors (Lipinski definition) is 0. The van der Waals surface area contributed by atoms with Gasteiger partial charge in [0, 0.05) is 44.1 Å².